The van der Waals surface area contributed by atoms with E-state index < -0.39 is 17.5 Å². The van der Waals surface area contributed by atoms with Gasteiger partial charge in [0.05, 0.1) is 11.6 Å². The fourth-order valence-corrected chi connectivity index (χ4v) is 2.26. The van der Waals surface area contributed by atoms with Gasteiger partial charge in [-0.1, -0.05) is 12.1 Å². The van der Waals surface area contributed by atoms with Crippen molar-refractivity contribution >= 4 is 23.1 Å². The van der Waals surface area contributed by atoms with Gasteiger partial charge in [-0.15, -0.1) is 0 Å². The fraction of sp³-hybridized carbons (Fsp3) is 0. The van der Waals surface area contributed by atoms with Gasteiger partial charge in [0, 0.05) is 17.4 Å². The highest BCUT2D eigenvalue weighted by Crippen LogP contribution is 2.22. The summed E-state index contributed by atoms with van der Waals surface area (Å²) in [6.07, 6.45) is 1.35. The Morgan fingerprint density at radius 1 is 1.04 bits per heavy atom. The van der Waals surface area contributed by atoms with Gasteiger partial charge >= 0.3 is 0 Å². The SMILES string of the molecule is N#Cc1cccc(NC(=O)c2ccnc(Nc3c(F)cccc3F)c2)c1. The molecule has 0 aliphatic heterocycles. The first kappa shape index (κ1) is 17.0. The van der Waals surface area contributed by atoms with E-state index in [1.165, 1.54) is 30.5 Å². The molecule has 1 aromatic heterocycles. The van der Waals surface area contributed by atoms with E-state index in [-0.39, 0.29) is 17.1 Å². The largest absolute Gasteiger partial charge is 0.335 e. The molecule has 5 nitrogen and oxygen atoms in total. The molecule has 0 unspecified atom stereocenters. The van der Waals surface area contributed by atoms with Crippen LogP contribution in [0.5, 0.6) is 0 Å². The minimum absolute atomic E-state index is 0.118. The minimum Gasteiger partial charge on any atom is -0.335 e. The van der Waals surface area contributed by atoms with Gasteiger partial charge in [0.1, 0.15) is 23.1 Å². The molecule has 2 aromatic carbocycles. The van der Waals surface area contributed by atoms with Crippen LogP contribution in [0.2, 0.25) is 0 Å². The normalized spacial score (nSPS) is 10.0. The molecule has 0 fully saturated rings. The van der Waals surface area contributed by atoms with Crippen LogP contribution in [0.3, 0.4) is 0 Å². The Labute approximate surface area is 147 Å². The van der Waals surface area contributed by atoms with Gasteiger partial charge in [0.2, 0.25) is 0 Å². The van der Waals surface area contributed by atoms with Gasteiger partial charge in [0.15, 0.2) is 0 Å². The second-order valence-electron chi connectivity index (χ2n) is 5.30. The Bertz CT molecular complexity index is 994. The van der Waals surface area contributed by atoms with Gasteiger partial charge in [-0.25, -0.2) is 13.8 Å². The number of carbonyl (C=O) groups is 1. The van der Waals surface area contributed by atoms with Crippen LogP contribution in [0.25, 0.3) is 0 Å². The molecule has 26 heavy (non-hydrogen) atoms. The summed E-state index contributed by atoms with van der Waals surface area (Å²) in [4.78, 5) is 16.3. The maximum atomic E-state index is 13.7. The number of carbonyl (C=O) groups excluding carboxylic acids is 1. The number of nitrogens with one attached hydrogen (secondary N) is 2. The molecule has 0 bridgehead atoms. The van der Waals surface area contributed by atoms with Crippen molar-refractivity contribution in [2.24, 2.45) is 0 Å². The van der Waals surface area contributed by atoms with Crippen LogP contribution >= 0.6 is 0 Å². The molecule has 2 N–H and O–H groups in total. The molecule has 0 spiro atoms. The number of nitrogens with zero attached hydrogens (tertiary/aromatic N) is 2. The molecule has 0 saturated carbocycles. The molecule has 1 amide bonds. The monoisotopic (exact) mass is 350 g/mol. The Morgan fingerprint density at radius 2 is 1.77 bits per heavy atom. The maximum absolute atomic E-state index is 13.7. The van der Waals surface area contributed by atoms with Gasteiger partial charge < -0.3 is 10.6 Å². The third-order valence-electron chi connectivity index (χ3n) is 3.49. The van der Waals surface area contributed by atoms with Crippen molar-refractivity contribution in [3.8, 4) is 6.07 Å². The van der Waals surface area contributed by atoms with E-state index in [1.807, 2.05) is 6.07 Å². The highest BCUT2D eigenvalue weighted by molar-refractivity contribution is 6.04. The lowest BCUT2D eigenvalue weighted by atomic mass is 10.2. The third kappa shape index (κ3) is 3.82. The van der Waals surface area contributed by atoms with Crippen molar-refractivity contribution in [2.75, 3.05) is 10.6 Å². The number of halogens is 2. The molecular formula is C19H12F2N4O. The molecule has 0 radical (unpaired) electrons. The van der Waals surface area contributed by atoms with E-state index >= 15 is 0 Å². The predicted octanol–water partition coefficient (Wildman–Crippen LogP) is 4.23. The van der Waals surface area contributed by atoms with Crippen molar-refractivity contribution < 1.29 is 13.6 Å². The van der Waals surface area contributed by atoms with Crippen molar-refractivity contribution in [3.05, 3.63) is 83.6 Å². The lowest BCUT2D eigenvalue weighted by Crippen LogP contribution is -2.12. The summed E-state index contributed by atoms with van der Waals surface area (Å²) >= 11 is 0. The van der Waals surface area contributed by atoms with Crippen molar-refractivity contribution in [3.63, 3.8) is 0 Å². The molecule has 3 aromatic rings. The molecule has 128 valence electrons. The Kier molecular flexibility index (Phi) is 4.85. The zero-order chi connectivity index (χ0) is 18.5. The first-order valence-corrected chi connectivity index (χ1v) is 7.55. The number of amides is 1. The smallest absolute Gasteiger partial charge is 0.255 e. The van der Waals surface area contributed by atoms with Crippen LogP contribution < -0.4 is 10.6 Å². The first-order chi connectivity index (χ1) is 12.6. The quantitative estimate of drug-likeness (QED) is 0.738. The van der Waals surface area contributed by atoms with Gasteiger partial charge in [-0.3, -0.25) is 4.79 Å². The minimum atomic E-state index is -0.769. The van der Waals surface area contributed by atoms with E-state index in [2.05, 4.69) is 15.6 Å². The van der Waals surface area contributed by atoms with Crippen LogP contribution in [0, 0.1) is 23.0 Å². The molecule has 3 rings (SSSR count). The second kappa shape index (κ2) is 7.40. The summed E-state index contributed by atoms with van der Waals surface area (Å²) in [5.41, 5.74) is 0.760. The van der Waals surface area contributed by atoms with Crippen molar-refractivity contribution in [1.29, 1.82) is 5.26 Å². The molecule has 0 saturated heterocycles. The Hall–Kier alpha value is -3.79. The van der Waals surface area contributed by atoms with E-state index in [9.17, 15) is 13.6 Å². The summed E-state index contributed by atoms with van der Waals surface area (Å²) < 4.78 is 27.4. The molecule has 7 heteroatoms. The zero-order valence-electron chi connectivity index (χ0n) is 13.3. The lowest BCUT2D eigenvalue weighted by molar-refractivity contribution is 0.102. The molecular weight excluding hydrogens is 338 g/mol. The van der Waals surface area contributed by atoms with E-state index in [4.69, 9.17) is 5.26 Å². The van der Waals surface area contributed by atoms with Crippen molar-refractivity contribution in [2.45, 2.75) is 0 Å². The van der Waals surface area contributed by atoms with Gasteiger partial charge in [0.25, 0.3) is 5.91 Å². The third-order valence-corrected chi connectivity index (χ3v) is 3.49. The summed E-state index contributed by atoms with van der Waals surface area (Å²) in [6, 6.07) is 14.7. The van der Waals surface area contributed by atoms with Crippen LogP contribution in [0.1, 0.15) is 15.9 Å². The van der Waals surface area contributed by atoms with Crippen LogP contribution in [0.4, 0.5) is 26.0 Å². The second-order valence-corrected chi connectivity index (χ2v) is 5.30. The fourth-order valence-electron chi connectivity index (χ4n) is 2.26. The Balaban J connectivity index is 1.80. The lowest BCUT2D eigenvalue weighted by Gasteiger charge is -2.10. The van der Waals surface area contributed by atoms with Gasteiger partial charge in [-0.2, -0.15) is 5.26 Å². The highest BCUT2D eigenvalue weighted by atomic mass is 19.1. The van der Waals surface area contributed by atoms with Crippen LogP contribution in [-0.4, -0.2) is 10.9 Å². The summed E-state index contributed by atoms with van der Waals surface area (Å²) in [5.74, 6) is -1.86. The number of anilines is 3. The summed E-state index contributed by atoms with van der Waals surface area (Å²) in [5, 5.41) is 14.1. The first-order valence-electron chi connectivity index (χ1n) is 7.55. The number of para-hydroxylation sites is 1. The molecule has 1 heterocycles. The number of benzene rings is 2. The number of aromatic nitrogens is 1. The van der Waals surface area contributed by atoms with Crippen LogP contribution in [-0.2, 0) is 0 Å². The van der Waals surface area contributed by atoms with Crippen LogP contribution in [0.15, 0.2) is 60.8 Å². The number of pyridine rings is 1. The van der Waals surface area contributed by atoms with E-state index in [0.29, 0.717) is 11.3 Å². The molecule has 0 aliphatic rings. The zero-order valence-corrected chi connectivity index (χ0v) is 13.3. The average molecular weight is 350 g/mol. The van der Waals surface area contributed by atoms with E-state index in [0.717, 1.165) is 12.1 Å². The number of nitriles is 1. The topological polar surface area (TPSA) is 77.8 Å². The number of rotatable bonds is 4. The maximum Gasteiger partial charge on any atom is 0.255 e. The van der Waals surface area contributed by atoms with Gasteiger partial charge in [-0.05, 0) is 42.5 Å². The Morgan fingerprint density at radius 3 is 2.50 bits per heavy atom. The average Bonchev–Trinajstić information content (AvgIpc) is 2.65. The number of hydrogen-bond acceptors (Lipinski definition) is 4. The summed E-state index contributed by atoms with van der Waals surface area (Å²) in [6.45, 7) is 0. The highest BCUT2D eigenvalue weighted by Gasteiger charge is 2.12. The number of hydrogen-bond donors (Lipinski definition) is 2. The van der Waals surface area contributed by atoms with E-state index in [1.54, 1.807) is 18.2 Å². The van der Waals surface area contributed by atoms with Crippen molar-refractivity contribution in [1.82, 2.24) is 4.98 Å². The molecule has 0 aliphatic carbocycles. The summed E-state index contributed by atoms with van der Waals surface area (Å²) in [7, 11) is 0. The standard InChI is InChI=1S/C19H12F2N4O/c20-15-5-2-6-16(21)18(15)25-17-10-13(7-8-23-17)19(26)24-14-4-1-3-12(9-14)11-22/h1-10H,(H,23,25)(H,24,26). The predicted molar refractivity (Wildman–Crippen MR) is 93.0 cm³/mol. The molecule has 0 atom stereocenters.